The van der Waals surface area contributed by atoms with E-state index in [0.717, 1.165) is 0 Å². The van der Waals surface area contributed by atoms with E-state index in [0.29, 0.717) is 5.41 Å². The second-order valence-electron chi connectivity index (χ2n) is 4.33. The summed E-state index contributed by atoms with van der Waals surface area (Å²) in [7, 11) is 0. The molecule has 0 bridgehead atoms. The summed E-state index contributed by atoms with van der Waals surface area (Å²) < 4.78 is 0. The normalized spacial score (nSPS) is 17.1. The van der Waals surface area contributed by atoms with Crippen molar-refractivity contribution in [3.05, 3.63) is 47.5 Å². The molecule has 0 heteroatoms. The average molecular weight is 168 g/mol. The van der Waals surface area contributed by atoms with E-state index in [4.69, 9.17) is 0 Å². The van der Waals surface area contributed by atoms with Gasteiger partial charge < -0.3 is 0 Å². The Morgan fingerprint density at radius 3 is 2.54 bits per heavy atom. The first kappa shape index (κ1) is 7.14. The third kappa shape index (κ3) is 0.757. The summed E-state index contributed by atoms with van der Waals surface area (Å²) in [4.78, 5) is 0. The summed E-state index contributed by atoms with van der Waals surface area (Å²) in [6.45, 7) is 4.59. The second kappa shape index (κ2) is 1.95. The molecule has 0 aliphatic heterocycles. The van der Waals surface area contributed by atoms with Crippen LogP contribution in [-0.2, 0) is 5.41 Å². The molecule has 2 aromatic rings. The van der Waals surface area contributed by atoms with E-state index in [2.05, 4.69) is 50.2 Å². The molecule has 0 N–H and O–H groups in total. The highest BCUT2D eigenvalue weighted by atomic mass is 14.4. The van der Waals surface area contributed by atoms with E-state index in [1.165, 1.54) is 16.3 Å². The zero-order chi connectivity index (χ0) is 9.05. The molecule has 0 radical (unpaired) electrons. The predicted octanol–water partition coefficient (Wildman–Crippen LogP) is 3.48. The van der Waals surface area contributed by atoms with Gasteiger partial charge in [-0.15, -0.1) is 0 Å². The number of hydrogen-bond acceptors (Lipinski definition) is 0. The number of rotatable bonds is 0. The molecule has 13 heavy (non-hydrogen) atoms. The number of hydrogen-bond donors (Lipinski definition) is 0. The fraction of sp³-hybridized carbons (Fsp3) is 0.231. The van der Waals surface area contributed by atoms with Crippen LogP contribution in [0.3, 0.4) is 0 Å². The Morgan fingerprint density at radius 2 is 1.69 bits per heavy atom. The van der Waals surface area contributed by atoms with Crippen LogP contribution < -0.4 is 0 Å². The maximum atomic E-state index is 2.30. The molecular formula is C13H12. The van der Waals surface area contributed by atoms with Crippen molar-refractivity contribution in [3.63, 3.8) is 0 Å². The maximum Gasteiger partial charge on any atom is 0.0159 e. The summed E-state index contributed by atoms with van der Waals surface area (Å²) >= 11 is 0. The molecule has 2 aromatic carbocycles. The minimum atomic E-state index is 0.336. The van der Waals surface area contributed by atoms with Gasteiger partial charge in [-0.1, -0.05) is 50.2 Å². The SMILES string of the molecule is CC1(C)c2ccc3ccccc3c21. The van der Waals surface area contributed by atoms with E-state index < -0.39 is 0 Å². The van der Waals surface area contributed by atoms with Crippen LogP contribution in [0.2, 0.25) is 0 Å². The summed E-state index contributed by atoms with van der Waals surface area (Å²) in [5.74, 6) is 0. The topological polar surface area (TPSA) is 0 Å². The van der Waals surface area contributed by atoms with Crippen molar-refractivity contribution in [1.29, 1.82) is 0 Å². The summed E-state index contributed by atoms with van der Waals surface area (Å²) in [6, 6.07) is 13.1. The van der Waals surface area contributed by atoms with Gasteiger partial charge in [-0.3, -0.25) is 0 Å². The van der Waals surface area contributed by atoms with E-state index in [-0.39, 0.29) is 0 Å². The predicted molar refractivity (Wildman–Crippen MR) is 56.1 cm³/mol. The summed E-state index contributed by atoms with van der Waals surface area (Å²) in [6.07, 6.45) is 0. The fourth-order valence-electron chi connectivity index (χ4n) is 2.31. The van der Waals surface area contributed by atoms with Crippen LogP contribution in [0.25, 0.3) is 10.8 Å². The quantitative estimate of drug-likeness (QED) is 0.565. The van der Waals surface area contributed by atoms with Gasteiger partial charge in [0.25, 0.3) is 0 Å². The maximum absolute atomic E-state index is 2.30. The molecule has 0 unspecified atom stereocenters. The molecule has 0 spiro atoms. The third-order valence-electron chi connectivity index (χ3n) is 3.16. The van der Waals surface area contributed by atoms with Gasteiger partial charge in [0, 0.05) is 5.41 Å². The van der Waals surface area contributed by atoms with Crippen molar-refractivity contribution >= 4 is 10.8 Å². The first-order valence-corrected chi connectivity index (χ1v) is 4.74. The first-order valence-electron chi connectivity index (χ1n) is 4.74. The van der Waals surface area contributed by atoms with E-state index in [1.807, 2.05) is 0 Å². The van der Waals surface area contributed by atoms with E-state index in [9.17, 15) is 0 Å². The molecule has 1 aliphatic carbocycles. The molecule has 0 fully saturated rings. The largest absolute Gasteiger partial charge is 0.0616 e. The van der Waals surface area contributed by atoms with Crippen LogP contribution in [0.15, 0.2) is 36.4 Å². The lowest BCUT2D eigenvalue weighted by atomic mass is 10.1. The lowest BCUT2D eigenvalue weighted by Gasteiger charge is -1.97. The highest BCUT2D eigenvalue weighted by Gasteiger charge is 2.42. The van der Waals surface area contributed by atoms with Crippen LogP contribution in [0, 0.1) is 0 Å². The first-order chi connectivity index (χ1) is 6.21. The van der Waals surface area contributed by atoms with Crippen molar-refractivity contribution in [2.75, 3.05) is 0 Å². The van der Waals surface area contributed by atoms with Gasteiger partial charge in [-0.25, -0.2) is 0 Å². The minimum absolute atomic E-state index is 0.336. The van der Waals surface area contributed by atoms with Crippen LogP contribution in [0.4, 0.5) is 0 Å². The Morgan fingerprint density at radius 1 is 0.923 bits per heavy atom. The fourth-order valence-corrected chi connectivity index (χ4v) is 2.31. The van der Waals surface area contributed by atoms with Gasteiger partial charge in [0.1, 0.15) is 0 Å². The lowest BCUT2D eigenvalue weighted by molar-refractivity contribution is 0.796. The molecule has 0 saturated heterocycles. The molecule has 0 atom stereocenters. The minimum Gasteiger partial charge on any atom is -0.0616 e. The number of fused-ring (bicyclic) bond motifs is 3. The highest BCUT2D eigenvalue weighted by molar-refractivity contribution is 5.93. The van der Waals surface area contributed by atoms with Gasteiger partial charge in [-0.2, -0.15) is 0 Å². The zero-order valence-corrected chi connectivity index (χ0v) is 7.96. The van der Waals surface area contributed by atoms with Crippen LogP contribution >= 0.6 is 0 Å². The van der Waals surface area contributed by atoms with Crippen molar-refractivity contribution in [3.8, 4) is 0 Å². The van der Waals surface area contributed by atoms with Crippen molar-refractivity contribution in [2.24, 2.45) is 0 Å². The Balaban J connectivity index is 2.44. The monoisotopic (exact) mass is 168 g/mol. The molecule has 0 aromatic heterocycles. The van der Waals surface area contributed by atoms with E-state index in [1.54, 1.807) is 5.56 Å². The Kier molecular flexibility index (Phi) is 1.07. The molecule has 1 aliphatic rings. The second-order valence-corrected chi connectivity index (χ2v) is 4.33. The van der Waals surface area contributed by atoms with Crippen molar-refractivity contribution < 1.29 is 0 Å². The summed E-state index contributed by atoms with van der Waals surface area (Å²) in [5, 5.41) is 2.80. The zero-order valence-electron chi connectivity index (χ0n) is 7.96. The van der Waals surface area contributed by atoms with Gasteiger partial charge in [0.2, 0.25) is 0 Å². The molecule has 0 amide bonds. The molecule has 3 rings (SSSR count). The van der Waals surface area contributed by atoms with Crippen LogP contribution in [0.1, 0.15) is 25.0 Å². The Hall–Kier alpha value is -1.30. The molecular weight excluding hydrogens is 156 g/mol. The molecule has 64 valence electrons. The van der Waals surface area contributed by atoms with Gasteiger partial charge in [0.05, 0.1) is 0 Å². The van der Waals surface area contributed by atoms with Gasteiger partial charge >= 0.3 is 0 Å². The molecule has 0 heterocycles. The molecule has 0 nitrogen and oxygen atoms in total. The number of benzene rings is 2. The van der Waals surface area contributed by atoms with Crippen LogP contribution in [-0.4, -0.2) is 0 Å². The Labute approximate surface area is 78.2 Å². The van der Waals surface area contributed by atoms with Crippen molar-refractivity contribution in [2.45, 2.75) is 19.3 Å². The average Bonchev–Trinajstić information content (AvgIpc) is 2.70. The van der Waals surface area contributed by atoms with E-state index >= 15 is 0 Å². The highest BCUT2D eigenvalue weighted by Crippen LogP contribution is 2.52. The Bertz CT molecular complexity index is 492. The summed E-state index contributed by atoms with van der Waals surface area (Å²) in [5.41, 5.74) is 3.40. The van der Waals surface area contributed by atoms with Crippen molar-refractivity contribution in [1.82, 2.24) is 0 Å². The lowest BCUT2D eigenvalue weighted by Crippen LogP contribution is -1.90. The molecule has 0 saturated carbocycles. The third-order valence-corrected chi connectivity index (χ3v) is 3.16. The van der Waals surface area contributed by atoms with Crippen LogP contribution in [0.5, 0.6) is 0 Å². The smallest absolute Gasteiger partial charge is 0.0159 e. The van der Waals surface area contributed by atoms with Gasteiger partial charge in [0.15, 0.2) is 0 Å². The van der Waals surface area contributed by atoms with Gasteiger partial charge in [-0.05, 0) is 21.9 Å². The standard InChI is InChI=1S/C13H12/c1-13(2)11-8-7-9-5-3-4-6-10(9)12(11)13/h3-8H,1-2H3.